The standard InChI is InChI=1S/C25H28N2O4S/c1-4-20-14-16-22(17-15-20)27(32(29,30)23-11-6-5-7-12-23)19-25(28)26(2)18-21-10-8-9-13-24(21)31-3/h5-17H,4,18-19H2,1-3H3. The Morgan fingerprint density at radius 2 is 1.53 bits per heavy atom. The van der Waals surface area contributed by atoms with E-state index in [9.17, 15) is 13.2 Å². The van der Waals surface area contributed by atoms with Crippen molar-refractivity contribution in [1.82, 2.24) is 4.90 Å². The molecule has 0 spiro atoms. The molecule has 0 atom stereocenters. The smallest absolute Gasteiger partial charge is 0.264 e. The Hall–Kier alpha value is -3.32. The predicted molar refractivity (Wildman–Crippen MR) is 126 cm³/mol. The topological polar surface area (TPSA) is 66.9 Å². The van der Waals surface area contributed by atoms with Crippen molar-refractivity contribution in [2.45, 2.75) is 24.8 Å². The Balaban J connectivity index is 1.90. The van der Waals surface area contributed by atoms with Crippen LogP contribution in [0.4, 0.5) is 5.69 Å². The van der Waals surface area contributed by atoms with Gasteiger partial charge < -0.3 is 9.64 Å². The highest BCUT2D eigenvalue weighted by Gasteiger charge is 2.28. The fourth-order valence-electron chi connectivity index (χ4n) is 3.35. The lowest BCUT2D eigenvalue weighted by molar-refractivity contribution is -0.128. The quantitative estimate of drug-likeness (QED) is 0.490. The second-order valence-electron chi connectivity index (χ2n) is 7.41. The van der Waals surface area contributed by atoms with Crippen LogP contribution in [0.1, 0.15) is 18.1 Å². The Kier molecular flexibility index (Phi) is 7.53. The number of aryl methyl sites for hydroxylation is 1. The molecule has 0 N–H and O–H groups in total. The Bertz CT molecular complexity index is 1150. The minimum atomic E-state index is -3.93. The zero-order valence-corrected chi connectivity index (χ0v) is 19.4. The van der Waals surface area contributed by atoms with E-state index in [0.717, 1.165) is 17.5 Å². The number of ether oxygens (including phenoxy) is 1. The molecule has 0 saturated carbocycles. The van der Waals surface area contributed by atoms with Crippen molar-refractivity contribution in [3.05, 3.63) is 90.0 Å². The van der Waals surface area contributed by atoms with E-state index in [2.05, 4.69) is 0 Å². The first-order valence-electron chi connectivity index (χ1n) is 10.4. The maximum atomic E-state index is 13.4. The van der Waals surface area contributed by atoms with Gasteiger partial charge in [0.05, 0.1) is 17.7 Å². The molecule has 168 valence electrons. The molecule has 0 saturated heterocycles. The van der Waals surface area contributed by atoms with Crippen LogP contribution in [0.3, 0.4) is 0 Å². The van der Waals surface area contributed by atoms with E-state index in [1.807, 2.05) is 43.3 Å². The number of methoxy groups -OCH3 is 1. The molecule has 0 aromatic heterocycles. The van der Waals surface area contributed by atoms with Gasteiger partial charge in [0, 0.05) is 19.2 Å². The van der Waals surface area contributed by atoms with Crippen molar-refractivity contribution in [2.24, 2.45) is 0 Å². The first-order valence-corrected chi connectivity index (χ1v) is 11.8. The molecule has 0 aliphatic carbocycles. The lowest BCUT2D eigenvalue weighted by Gasteiger charge is -2.27. The van der Waals surface area contributed by atoms with Gasteiger partial charge in [-0.05, 0) is 42.3 Å². The Morgan fingerprint density at radius 3 is 2.16 bits per heavy atom. The number of hydrogen-bond donors (Lipinski definition) is 0. The fraction of sp³-hybridized carbons (Fsp3) is 0.240. The molecule has 0 unspecified atom stereocenters. The number of amides is 1. The monoisotopic (exact) mass is 452 g/mol. The molecule has 6 nitrogen and oxygen atoms in total. The van der Waals surface area contributed by atoms with E-state index >= 15 is 0 Å². The maximum Gasteiger partial charge on any atom is 0.264 e. The molecule has 1 amide bonds. The second-order valence-corrected chi connectivity index (χ2v) is 9.27. The molecule has 3 rings (SSSR count). The van der Waals surface area contributed by atoms with Gasteiger partial charge in [0.15, 0.2) is 0 Å². The number of likely N-dealkylation sites (N-methyl/N-ethyl adjacent to an activating group) is 1. The van der Waals surface area contributed by atoms with Gasteiger partial charge >= 0.3 is 0 Å². The van der Waals surface area contributed by atoms with Crippen LogP contribution in [0.2, 0.25) is 0 Å². The number of carbonyl (C=O) groups excluding carboxylic acids is 1. The summed E-state index contributed by atoms with van der Waals surface area (Å²) in [5.74, 6) is 0.353. The van der Waals surface area contributed by atoms with E-state index in [0.29, 0.717) is 18.0 Å². The Morgan fingerprint density at radius 1 is 0.906 bits per heavy atom. The van der Waals surface area contributed by atoms with Crippen molar-refractivity contribution < 1.29 is 17.9 Å². The van der Waals surface area contributed by atoms with Gasteiger partial charge in [-0.25, -0.2) is 8.42 Å². The van der Waals surface area contributed by atoms with Crippen LogP contribution in [0.15, 0.2) is 83.8 Å². The predicted octanol–water partition coefficient (Wildman–Crippen LogP) is 4.11. The summed E-state index contributed by atoms with van der Waals surface area (Å²) in [6.07, 6.45) is 0.840. The van der Waals surface area contributed by atoms with E-state index < -0.39 is 10.0 Å². The highest BCUT2D eigenvalue weighted by Crippen LogP contribution is 2.25. The summed E-state index contributed by atoms with van der Waals surface area (Å²) < 4.78 is 33.4. The second kappa shape index (κ2) is 10.3. The van der Waals surface area contributed by atoms with Crippen molar-refractivity contribution in [3.63, 3.8) is 0 Å². The number of rotatable bonds is 9. The van der Waals surface area contributed by atoms with Gasteiger partial charge in [-0.3, -0.25) is 9.10 Å². The summed E-state index contributed by atoms with van der Waals surface area (Å²) in [5.41, 5.74) is 2.38. The van der Waals surface area contributed by atoms with E-state index in [1.165, 1.54) is 21.3 Å². The van der Waals surface area contributed by atoms with Crippen molar-refractivity contribution in [1.29, 1.82) is 0 Å². The third-order valence-electron chi connectivity index (χ3n) is 5.27. The van der Waals surface area contributed by atoms with Crippen LogP contribution in [-0.4, -0.2) is 39.9 Å². The summed E-state index contributed by atoms with van der Waals surface area (Å²) in [6, 6.07) is 22.8. The van der Waals surface area contributed by atoms with Gasteiger partial charge in [-0.15, -0.1) is 0 Å². The number of carbonyl (C=O) groups is 1. The largest absolute Gasteiger partial charge is 0.496 e. The number of benzene rings is 3. The highest BCUT2D eigenvalue weighted by molar-refractivity contribution is 7.92. The van der Waals surface area contributed by atoms with Crippen molar-refractivity contribution in [3.8, 4) is 5.75 Å². The minimum Gasteiger partial charge on any atom is -0.496 e. The molecule has 0 radical (unpaired) electrons. The van der Waals surface area contributed by atoms with E-state index in [4.69, 9.17) is 4.74 Å². The normalized spacial score (nSPS) is 11.1. The molecular formula is C25H28N2O4S. The number of nitrogens with zero attached hydrogens (tertiary/aromatic N) is 2. The number of hydrogen-bond acceptors (Lipinski definition) is 4. The van der Waals surface area contributed by atoms with Gasteiger partial charge in [-0.2, -0.15) is 0 Å². The highest BCUT2D eigenvalue weighted by atomic mass is 32.2. The molecule has 32 heavy (non-hydrogen) atoms. The molecule has 7 heteroatoms. The van der Waals surface area contributed by atoms with Crippen molar-refractivity contribution in [2.75, 3.05) is 25.0 Å². The molecule has 0 heterocycles. The van der Waals surface area contributed by atoms with Crippen molar-refractivity contribution >= 4 is 21.6 Å². The van der Waals surface area contributed by atoms with Crippen LogP contribution in [0.5, 0.6) is 5.75 Å². The fourth-order valence-corrected chi connectivity index (χ4v) is 4.79. The van der Waals surface area contributed by atoms with E-state index in [-0.39, 0.29) is 17.3 Å². The summed E-state index contributed by atoms with van der Waals surface area (Å²) >= 11 is 0. The summed E-state index contributed by atoms with van der Waals surface area (Å²) in [7, 11) is -0.694. The van der Waals surface area contributed by atoms with Crippen LogP contribution in [0.25, 0.3) is 0 Å². The molecule has 0 aliphatic heterocycles. The molecule has 0 aliphatic rings. The molecular weight excluding hydrogens is 424 g/mol. The third-order valence-corrected chi connectivity index (χ3v) is 7.06. The van der Waals surface area contributed by atoms with Crippen LogP contribution >= 0.6 is 0 Å². The molecule has 3 aromatic rings. The SMILES string of the molecule is CCc1ccc(N(CC(=O)N(C)Cc2ccccc2OC)S(=O)(=O)c2ccccc2)cc1. The number of anilines is 1. The minimum absolute atomic E-state index is 0.139. The Labute approximate surface area is 190 Å². The lowest BCUT2D eigenvalue weighted by Crippen LogP contribution is -2.41. The maximum absolute atomic E-state index is 13.4. The van der Waals surface area contributed by atoms with Crippen LogP contribution in [0, 0.1) is 0 Å². The summed E-state index contributed by atoms with van der Waals surface area (Å²) in [6.45, 7) is 2.02. The van der Waals surface area contributed by atoms with Crippen LogP contribution in [-0.2, 0) is 27.8 Å². The summed E-state index contributed by atoms with van der Waals surface area (Å²) in [5, 5.41) is 0. The first-order chi connectivity index (χ1) is 15.4. The summed E-state index contributed by atoms with van der Waals surface area (Å²) in [4.78, 5) is 14.8. The zero-order valence-electron chi connectivity index (χ0n) is 18.6. The van der Waals surface area contributed by atoms with Gasteiger partial charge in [0.1, 0.15) is 12.3 Å². The average Bonchev–Trinajstić information content (AvgIpc) is 2.83. The number of sulfonamides is 1. The molecule has 3 aromatic carbocycles. The molecule has 0 bridgehead atoms. The van der Waals surface area contributed by atoms with Crippen LogP contribution < -0.4 is 9.04 Å². The van der Waals surface area contributed by atoms with Gasteiger partial charge in [0.25, 0.3) is 10.0 Å². The first kappa shape index (κ1) is 23.3. The number of para-hydroxylation sites is 1. The van der Waals surface area contributed by atoms with Gasteiger partial charge in [0.2, 0.25) is 5.91 Å². The zero-order chi connectivity index (χ0) is 23.1. The lowest BCUT2D eigenvalue weighted by atomic mass is 10.1. The van der Waals surface area contributed by atoms with Gasteiger partial charge in [-0.1, -0.05) is 55.5 Å². The van der Waals surface area contributed by atoms with E-state index in [1.54, 1.807) is 44.5 Å². The average molecular weight is 453 g/mol. The molecule has 0 fully saturated rings. The third kappa shape index (κ3) is 5.29.